The van der Waals surface area contributed by atoms with E-state index in [-0.39, 0.29) is 6.04 Å². The molecule has 0 spiro atoms. The highest BCUT2D eigenvalue weighted by Crippen LogP contribution is 2.24. The van der Waals surface area contributed by atoms with Crippen molar-refractivity contribution in [2.45, 2.75) is 39.0 Å². The summed E-state index contributed by atoms with van der Waals surface area (Å²) >= 11 is 0. The molecule has 0 amide bonds. The van der Waals surface area contributed by atoms with Gasteiger partial charge in [0.25, 0.3) is 0 Å². The van der Waals surface area contributed by atoms with Gasteiger partial charge in [-0.1, -0.05) is 5.16 Å². The van der Waals surface area contributed by atoms with E-state index >= 15 is 0 Å². The minimum atomic E-state index is -0.756. The topological polar surface area (TPSA) is 55.3 Å². The third kappa shape index (κ3) is 2.10. The van der Waals surface area contributed by atoms with Crippen molar-refractivity contribution in [1.29, 1.82) is 0 Å². The van der Waals surface area contributed by atoms with Crippen molar-refractivity contribution >= 4 is 0 Å². The van der Waals surface area contributed by atoms with Gasteiger partial charge in [0.15, 0.2) is 0 Å². The number of hydrogen-bond donors (Lipinski definition) is 1. The molecule has 1 aromatic heterocycles. The van der Waals surface area contributed by atoms with Gasteiger partial charge in [-0.2, -0.15) is 0 Å². The van der Waals surface area contributed by atoms with Crippen molar-refractivity contribution in [3.63, 3.8) is 0 Å². The monoisotopic (exact) mass is 227 g/mol. The predicted octanol–water partition coefficient (Wildman–Crippen LogP) is 1.16. The van der Waals surface area contributed by atoms with Gasteiger partial charge >= 0.3 is 0 Å². The van der Waals surface area contributed by atoms with Crippen LogP contribution in [0.25, 0.3) is 0 Å². The normalized spacial score (nSPS) is 26.5. The minimum Gasteiger partial charge on any atom is -0.361 e. The second kappa shape index (κ2) is 4.51. The molecule has 4 nitrogen and oxygen atoms in total. The first kappa shape index (κ1) is 11.5. The van der Waals surface area contributed by atoms with E-state index in [1.165, 1.54) is 0 Å². The van der Waals surface area contributed by atoms with E-state index in [9.17, 15) is 4.39 Å². The zero-order chi connectivity index (χ0) is 11.7. The van der Waals surface area contributed by atoms with E-state index in [0.717, 1.165) is 17.0 Å². The van der Waals surface area contributed by atoms with Gasteiger partial charge in [0.1, 0.15) is 11.9 Å². The Morgan fingerprint density at radius 2 is 2.31 bits per heavy atom. The van der Waals surface area contributed by atoms with Crippen LogP contribution in [-0.4, -0.2) is 35.4 Å². The van der Waals surface area contributed by atoms with Crippen molar-refractivity contribution in [3.8, 4) is 0 Å². The van der Waals surface area contributed by atoms with Crippen LogP contribution in [-0.2, 0) is 6.54 Å². The lowest BCUT2D eigenvalue weighted by Crippen LogP contribution is -2.35. The number of likely N-dealkylation sites (tertiary alicyclic amines) is 1. The van der Waals surface area contributed by atoms with Gasteiger partial charge in [0, 0.05) is 31.2 Å². The highest BCUT2D eigenvalue weighted by atomic mass is 19.1. The molecule has 0 aromatic carbocycles. The first-order valence-electron chi connectivity index (χ1n) is 5.61. The second-order valence-electron chi connectivity index (χ2n) is 4.45. The molecule has 1 aliphatic rings. The zero-order valence-corrected chi connectivity index (χ0v) is 9.74. The summed E-state index contributed by atoms with van der Waals surface area (Å²) in [5, 5.41) is 3.90. The lowest BCUT2D eigenvalue weighted by Gasteiger charge is -2.22. The maximum atomic E-state index is 13.3. The van der Waals surface area contributed by atoms with Gasteiger partial charge < -0.3 is 10.3 Å². The Morgan fingerprint density at radius 3 is 2.88 bits per heavy atom. The molecular weight excluding hydrogens is 209 g/mol. The fraction of sp³-hybridized carbons (Fsp3) is 0.727. The van der Waals surface area contributed by atoms with Crippen molar-refractivity contribution in [2.24, 2.45) is 5.73 Å². The number of hydrogen-bond acceptors (Lipinski definition) is 4. The summed E-state index contributed by atoms with van der Waals surface area (Å²) in [4.78, 5) is 2.08. The van der Waals surface area contributed by atoms with E-state index in [1.54, 1.807) is 0 Å². The molecule has 0 radical (unpaired) electrons. The molecule has 2 heterocycles. The van der Waals surface area contributed by atoms with Gasteiger partial charge in [-0.25, -0.2) is 4.39 Å². The van der Waals surface area contributed by atoms with Crippen molar-refractivity contribution in [2.75, 3.05) is 13.1 Å². The highest BCUT2D eigenvalue weighted by molar-refractivity contribution is 5.21. The maximum Gasteiger partial charge on any atom is 0.138 e. The van der Waals surface area contributed by atoms with Gasteiger partial charge in [0.2, 0.25) is 0 Å². The predicted molar refractivity (Wildman–Crippen MR) is 58.7 cm³/mol. The summed E-state index contributed by atoms with van der Waals surface area (Å²) in [5.41, 5.74) is 7.59. The molecule has 90 valence electrons. The van der Waals surface area contributed by atoms with Crippen LogP contribution in [0.5, 0.6) is 0 Å². The molecule has 1 aliphatic heterocycles. The molecule has 1 fully saturated rings. The van der Waals surface area contributed by atoms with Crippen LogP contribution in [0.3, 0.4) is 0 Å². The van der Waals surface area contributed by atoms with E-state index < -0.39 is 6.17 Å². The molecule has 0 bridgehead atoms. The number of rotatable bonds is 3. The maximum absolute atomic E-state index is 13.3. The molecule has 16 heavy (non-hydrogen) atoms. The molecule has 2 rings (SSSR count). The molecule has 0 aliphatic carbocycles. The van der Waals surface area contributed by atoms with Gasteiger partial charge in [-0.05, 0) is 20.3 Å². The van der Waals surface area contributed by atoms with Crippen LogP contribution in [0.1, 0.15) is 23.4 Å². The van der Waals surface area contributed by atoms with E-state index in [4.69, 9.17) is 10.3 Å². The van der Waals surface area contributed by atoms with E-state index in [0.29, 0.717) is 26.1 Å². The summed E-state index contributed by atoms with van der Waals surface area (Å²) in [6, 6.07) is 0.142. The first-order valence-corrected chi connectivity index (χ1v) is 5.61. The SMILES string of the molecule is Cc1noc(C)c1CN1C[C@@H](F)C[C@H]1CN. The number of alkyl halides is 1. The summed E-state index contributed by atoms with van der Waals surface area (Å²) in [6.45, 7) is 5.45. The van der Waals surface area contributed by atoms with Crippen molar-refractivity contribution in [1.82, 2.24) is 10.1 Å². The highest BCUT2D eigenvalue weighted by Gasteiger charge is 2.31. The fourth-order valence-electron chi connectivity index (χ4n) is 2.29. The van der Waals surface area contributed by atoms with Crippen molar-refractivity contribution < 1.29 is 8.91 Å². The third-order valence-corrected chi connectivity index (χ3v) is 3.29. The average molecular weight is 227 g/mol. The Balaban J connectivity index is 2.09. The number of nitrogens with zero attached hydrogens (tertiary/aromatic N) is 2. The number of aromatic nitrogens is 1. The molecule has 5 heteroatoms. The average Bonchev–Trinajstić information content (AvgIpc) is 2.75. The number of nitrogens with two attached hydrogens (primary N) is 1. The minimum absolute atomic E-state index is 0.142. The molecule has 1 saturated heterocycles. The van der Waals surface area contributed by atoms with Crippen LogP contribution in [0.15, 0.2) is 4.52 Å². The van der Waals surface area contributed by atoms with E-state index in [1.807, 2.05) is 13.8 Å². The second-order valence-corrected chi connectivity index (χ2v) is 4.45. The molecular formula is C11H18FN3O. The van der Waals surface area contributed by atoms with Crippen LogP contribution in [0.4, 0.5) is 4.39 Å². The van der Waals surface area contributed by atoms with Crippen LogP contribution in [0.2, 0.25) is 0 Å². The van der Waals surface area contributed by atoms with Gasteiger partial charge in [-0.3, -0.25) is 4.90 Å². The van der Waals surface area contributed by atoms with Crippen LogP contribution >= 0.6 is 0 Å². The van der Waals surface area contributed by atoms with Crippen LogP contribution in [0, 0.1) is 13.8 Å². The largest absolute Gasteiger partial charge is 0.361 e. The lowest BCUT2D eigenvalue weighted by molar-refractivity contribution is 0.237. The lowest BCUT2D eigenvalue weighted by atomic mass is 10.1. The van der Waals surface area contributed by atoms with Gasteiger partial charge in [-0.15, -0.1) is 0 Å². The molecule has 1 aromatic rings. The Morgan fingerprint density at radius 1 is 1.56 bits per heavy atom. The summed E-state index contributed by atoms with van der Waals surface area (Å²) in [6.07, 6.45) is -0.214. The molecule has 0 saturated carbocycles. The Kier molecular flexibility index (Phi) is 3.25. The van der Waals surface area contributed by atoms with Crippen LogP contribution < -0.4 is 5.73 Å². The standard InChI is InChI=1S/C11H18FN3O/c1-7-11(8(2)16-14-7)6-15-5-9(12)3-10(15)4-13/h9-10H,3-6,13H2,1-2H3/t9-,10-/m0/s1. The van der Waals surface area contributed by atoms with Crippen molar-refractivity contribution in [3.05, 3.63) is 17.0 Å². The smallest absolute Gasteiger partial charge is 0.138 e. The first-order chi connectivity index (χ1) is 7.61. The molecule has 2 atom stereocenters. The number of aryl methyl sites for hydroxylation is 2. The molecule has 0 unspecified atom stereocenters. The third-order valence-electron chi connectivity index (χ3n) is 3.29. The molecule has 2 N–H and O–H groups in total. The summed E-state index contributed by atoms with van der Waals surface area (Å²) in [5.74, 6) is 0.815. The summed E-state index contributed by atoms with van der Waals surface area (Å²) in [7, 11) is 0. The number of halogens is 1. The summed E-state index contributed by atoms with van der Waals surface area (Å²) < 4.78 is 18.4. The van der Waals surface area contributed by atoms with E-state index in [2.05, 4.69) is 10.1 Å². The Bertz CT molecular complexity index is 347. The van der Waals surface area contributed by atoms with Gasteiger partial charge in [0.05, 0.1) is 5.69 Å². The fourth-order valence-corrected chi connectivity index (χ4v) is 2.29. The Hall–Kier alpha value is -0.940. The Labute approximate surface area is 94.6 Å². The zero-order valence-electron chi connectivity index (χ0n) is 9.74. The quantitative estimate of drug-likeness (QED) is 0.842.